The second-order valence-electron chi connectivity index (χ2n) is 6.40. The van der Waals surface area contributed by atoms with Crippen LogP contribution in [0.25, 0.3) is 5.69 Å². The van der Waals surface area contributed by atoms with E-state index in [4.69, 9.17) is 0 Å². The molecule has 0 saturated carbocycles. The quantitative estimate of drug-likeness (QED) is 0.783. The number of amides is 1. The van der Waals surface area contributed by atoms with E-state index in [1.54, 1.807) is 37.0 Å². The van der Waals surface area contributed by atoms with Crippen LogP contribution in [0.15, 0.2) is 47.4 Å². The minimum atomic E-state index is -0.517. The molecule has 3 aromatic rings. The molecule has 0 atom stereocenters. The molecule has 1 N–H and O–H groups in total. The molecule has 134 valence electrons. The molecule has 0 bridgehead atoms. The molecule has 0 fully saturated rings. The van der Waals surface area contributed by atoms with E-state index in [-0.39, 0.29) is 17.1 Å². The second-order valence-corrected chi connectivity index (χ2v) is 6.40. The van der Waals surface area contributed by atoms with Gasteiger partial charge in [0.15, 0.2) is 0 Å². The lowest BCUT2D eigenvalue weighted by molar-refractivity contribution is 0.101. The van der Waals surface area contributed by atoms with Crippen LogP contribution in [0.2, 0.25) is 0 Å². The Bertz CT molecular complexity index is 1020. The zero-order chi connectivity index (χ0) is 18.8. The normalized spacial score (nSPS) is 11.0. The first kappa shape index (κ1) is 17.6. The van der Waals surface area contributed by atoms with Gasteiger partial charge in [-0.05, 0) is 36.6 Å². The largest absolute Gasteiger partial charge is 0.317 e. The summed E-state index contributed by atoms with van der Waals surface area (Å²) in [7, 11) is 1.62. The Kier molecular flexibility index (Phi) is 4.71. The van der Waals surface area contributed by atoms with Crippen LogP contribution in [-0.4, -0.2) is 25.2 Å². The van der Waals surface area contributed by atoms with Gasteiger partial charge in [-0.25, -0.2) is 9.67 Å². The van der Waals surface area contributed by atoms with Gasteiger partial charge in [-0.15, -0.1) is 5.10 Å². The lowest BCUT2D eigenvalue weighted by Gasteiger charge is -2.12. The Hall–Kier alpha value is -3.22. The molecule has 0 aliphatic heterocycles. The lowest BCUT2D eigenvalue weighted by atomic mass is 10.0. The zero-order valence-electron chi connectivity index (χ0n) is 15.2. The van der Waals surface area contributed by atoms with Gasteiger partial charge in [-0.2, -0.15) is 0 Å². The van der Waals surface area contributed by atoms with Crippen molar-refractivity contribution in [3.8, 4) is 5.69 Å². The predicted octanol–water partition coefficient (Wildman–Crippen LogP) is 2.65. The van der Waals surface area contributed by atoms with Gasteiger partial charge in [-0.3, -0.25) is 9.59 Å². The number of rotatable bonds is 4. The number of aryl methyl sites for hydroxylation is 2. The minimum Gasteiger partial charge on any atom is -0.317 e. The molecule has 2 aromatic heterocycles. The highest BCUT2D eigenvalue weighted by Gasteiger charge is 2.18. The topological polar surface area (TPSA) is 81.8 Å². The van der Waals surface area contributed by atoms with E-state index in [0.29, 0.717) is 11.7 Å². The van der Waals surface area contributed by atoms with Crippen molar-refractivity contribution in [2.75, 3.05) is 5.32 Å². The van der Waals surface area contributed by atoms with Gasteiger partial charge in [0, 0.05) is 13.2 Å². The van der Waals surface area contributed by atoms with E-state index in [0.717, 1.165) is 11.3 Å². The van der Waals surface area contributed by atoms with E-state index in [9.17, 15) is 9.59 Å². The molecule has 0 aliphatic rings. The summed E-state index contributed by atoms with van der Waals surface area (Å²) in [4.78, 5) is 28.8. The fourth-order valence-corrected chi connectivity index (χ4v) is 2.75. The summed E-state index contributed by atoms with van der Waals surface area (Å²) in [6.45, 7) is 6.00. The zero-order valence-corrected chi connectivity index (χ0v) is 15.2. The number of nitrogens with one attached hydrogen (secondary N) is 1. The molecular formula is C19H21N5O2. The number of hydrogen-bond donors (Lipinski definition) is 1. The first-order valence-corrected chi connectivity index (χ1v) is 8.38. The fraction of sp³-hybridized carbons (Fsp3) is 0.263. The Labute approximate surface area is 151 Å². The first-order chi connectivity index (χ1) is 12.4. The summed E-state index contributed by atoms with van der Waals surface area (Å²) < 4.78 is 3.05. The Morgan fingerprint density at radius 3 is 2.62 bits per heavy atom. The van der Waals surface area contributed by atoms with Crippen molar-refractivity contribution in [2.24, 2.45) is 7.05 Å². The second kappa shape index (κ2) is 6.95. The molecule has 7 heteroatoms. The number of carbonyl (C=O) groups is 1. The summed E-state index contributed by atoms with van der Waals surface area (Å²) in [6, 6.07) is 11.1. The molecule has 2 heterocycles. The van der Waals surface area contributed by atoms with Crippen molar-refractivity contribution >= 4 is 11.6 Å². The van der Waals surface area contributed by atoms with Gasteiger partial charge < -0.3 is 9.88 Å². The van der Waals surface area contributed by atoms with E-state index in [1.165, 1.54) is 4.57 Å². The number of nitrogens with zero attached hydrogens (tertiary/aromatic N) is 4. The van der Waals surface area contributed by atoms with E-state index < -0.39 is 5.91 Å². The number of aromatic nitrogens is 4. The third-order valence-electron chi connectivity index (χ3n) is 4.13. The SMILES string of the molecule is Cc1nc(C(=O)Nc2cccn(C)c2=O)nn1-c1ccccc1C(C)C. The molecule has 26 heavy (non-hydrogen) atoms. The summed E-state index contributed by atoms with van der Waals surface area (Å²) in [5, 5.41) is 6.94. The van der Waals surface area contributed by atoms with Gasteiger partial charge in [0.25, 0.3) is 11.5 Å². The average Bonchev–Trinajstić information content (AvgIpc) is 3.00. The smallest absolute Gasteiger partial charge is 0.295 e. The maximum absolute atomic E-state index is 12.5. The summed E-state index contributed by atoms with van der Waals surface area (Å²) in [5.41, 5.74) is 1.91. The lowest BCUT2D eigenvalue weighted by Crippen LogP contribution is -2.24. The van der Waals surface area contributed by atoms with Crippen molar-refractivity contribution in [1.82, 2.24) is 19.3 Å². The molecule has 1 aromatic carbocycles. The van der Waals surface area contributed by atoms with Crippen LogP contribution in [-0.2, 0) is 7.05 Å². The molecule has 0 aliphatic carbocycles. The standard InChI is InChI=1S/C19H21N5O2/c1-12(2)14-8-5-6-10-16(14)24-13(3)20-17(22-24)18(25)21-15-9-7-11-23(4)19(15)26/h5-12H,1-4H3,(H,21,25). The van der Waals surface area contributed by atoms with Crippen molar-refractivity contribution in [3.63, 3.8) is 0 Å². The molecule has 0 saturated heterocycles. The van der Waals surface area contributed by atoms with E-state index in [1.807, 2.05) is 24.3 Å². The van der Waals surface area contributed by atoms with E-state index in [2.05, 4.69) is 29.2 Å². The number of hydrogen-bond acceptors (Lipinski definition) is 4. The number of para-hydroxylation sites is 1. The first-order valence-electron chi connectivity index (χ1n) is 8.38. The van der Waals surface area contributed by atoms with Crippen molar-refractivity contribution in [1.29, 1.82) is 0 Å². The Balaban J connectivity index is 1.95. The highest BCUT2D eigenvalue weighted by atomic mass is 16.2. The third-order valence-corrected chi connectivity index (χ3v) is 4.13. The maximum atomic E-state index is 12.5. The number of benzene rings is 1. The van der Waals surface area contributed by atoms with Crippen LogP contribution in [0.1, 0.15) is 41.8 Å². The van der Waals surface area contributed by atoms with Crippen molar-refractivity contribution in [2.45, 2.75) is 26.7 Å². The number of anilines is 1. The maximum Gasteiger partial charge on any atom is 0.295 e. The molecule has 0 radical (unpaired) electrons. The van der Waals surface area contributed by atoms with Crippen LogP contribution >= 0.6 is 0 Å². The summed E-state index contributed by atoms with van der Waals surface area (Å²) in [6.07, 6.45) is 1.62. The van der Waals surface area contributed by atoms with Crippen LogP contribution in [0.5, 0.6) is 0 Å². The third kappa shape index (κ3) is 3.28. The summed E-state index contributed by atoms with van der Waals surface area (Å²) >= 11 is 0. The van der Waals surface area contributed by atoms with Gasteiger partial charge in [-0.1, -0.05) is 32.0 Å². The van der Waals surface area contributed by atoms with E-state index >= 15 is 0 Å². The van der Waals surface area contributed by atoms with Crippen LogP contribution in [0, 0.1) is 6.92 Å². The molecule has 0 spiro atoms. The van der Waals surface area contributed by atoms with Crippen molar-refractivity contribution < 1.29 is 4.79 Å². The van der Waals surface area contributed by atoms with Crippen molar-refractivity contribution in [3.05, 3.63) is 70.2 Å². The molecule has 1 amide bonds. The average molecular weight is 351 g/mol. The van der Waals surface area contributed by atoms with Crippen LogP contribution in [0.4, 0.5) is 5.69 Å². The highest BCUT2D eigenvalue weighted by molar-refractivity contribution is 6.01. The Morgan fingerprint density at radius 1 is 1.15 bits per heavy atom. The summed E-state index contributed by atoms with van der Waals surface area (Å²) in [5.74, 6) is 0.410. The highest BCUT2D eigenvalue weighted by Crippen LogP contribution is 2.23. The molecular weight excluding hydrogens is 330 g/mol. The fourth-order valence-electron chi connectivity index (χ4n) is 2.75. The predicted molar refractivity (Wildman–Crippen MR) is 99.8 cm³/mol. The van der Waals surface area contributed by atoms with Gasteiger partial charge in [0.05, 0.1) is 5.69 Å². The van der Waals surface area contributed by atoms with Crippen LogP contribution in [0.3, 0.4) is 0 Å². The molecule has 0 unspecified atom stereocenters. The molecule has 7 nitrogen and oxygen atoms in total. The van der Waals surface area contributed by atoms with Gasteiger partial charge >= 0.3 is 0 Å². The number of pyridine rings is 1. The Morgan fingerprint density at radius 2 is 1.88 bits per heavy atom. The van der Waals surface area contributed by atoms with Gasteiger partial charge in [0.2, 0.25) is 5.82 Å². The number of carbonyl (C=O) groups excluding carboxylic acids is 1. The molecule has 3 rings (SSSR count). The monoisotopic (exact) mass is 351 g/mol. The van der Waals surface area contributed by atoms with Crippen LogP contribution < -0.4 is 10.9 Å². The van der Waals surface area contributed by atoms with Gasteiger partial charge in [0.1, 0.15) is 11.5 Å². The minimum absolute atomic E-state index is 0.0203.